The van der Waals surface area contributed by atoms with Gasteiger partial charge in [-0.25, -0.2) is 0 Å². The first kappa shape index (κ1) is 11.5. The Morgan fingerprint density at radius 1 is 0.900 bits per heavy atom. The zero-order valence-corrected chi connectivity index (χ0v) is 11.3. The van der Waals surface area contributed by atoms with Crippen molar-refractivity contribution in [3.63, 3.8) is 0 Å². The van der Waals surface area contributed by atoms with E-state index in [4.69, 9.17) is 4.98 Å². The van der Waals surface area contributed by atoms with Crippen LogP contribution in [0.2, 0.25) is 0 Å². The van der Waals surface area contributed by atoms with Crippen molar-refractivity contribution in [1.29, 1.82) is 0 Å². The molecule has 1 aromatic heterocycles. The number of fused-ring (bicyclic) bond motifs is 2. The van der Waals surface area contributed by atoms with Gasteiger partial charge < -0.3 is 4.90 Å². The van der Waals surface area contributed by atoms with Crippen LogP contribution in [-0.4, -0.2) is 11.5 Å². The van der Waals surface area contributed by atoms with Crippen molar-refractivity contribution in [2.24, 2.45) is 0 Å². The summed E-state index contributed by atoms with van der Waals surface area (Å²) in [7, 11) is 0. The third kappa shape index (κ3) is 1.94. The summed E-state index contributed by atoms with van der Waals surface area (Å²) in [5.41, 5.74) is 5.04. The molecule has 3 aromatic rings. The fourth-order valence-corrected chi connectivity index (χ4v) is 2.96. The van der Waals surface area contributed by atoms with Gasteiger partial charge in [0.05, 0.1) is 17.8 Å². The number of pyridine rings is 1. The highest BCUT2D eigenvalue weighted by Gasteiger charge is 2.18. The quantitative estimate of drug-likeness (QED) is 0.696. The minimum absolute atomic E-state index is 0.891. The second kappa shape index (κ2) is 4.64. The Morgan fingerprint density at radius 2 is 1.75 bits per heavy atom. The van der Waals surface area contributed by atoms with E-state index in [0.717, 1.165) is 30.7 Å². The predicted molar refractivity (Wildman–Crippen MR) is 82.9 cm³/mol. The normalized spacial score (nSPS) is 13.7. The van der Waals surface area contributed by atoms with Crippen LogP contribution in [0.3, 0.4) is 0 Å². The summed E-state index contributed by atoms with van der Waals surface area (Å²) in [6, 6.07) is 21.3. The Bertz CT molecular complexity index is 764. The Kier molecular flexibility index (Phi) is 2.66. The number of aromatic nitrogens is 1. The Morgan fingerprint density at radius 3 is 2.75 bits per heavy atom. The molecular formula is C18H16N2. The first-order valence-corrected chi connectivity index (χ1v) is 7.08. The minimum atomic E-state index is 0.891. The molecule has 0 fully saturated rings. The van der Waals surface area contributed by atoms with Gasteiger partial charge in [0.1, 0.15) is 0 Å². The molecule has 1 aliphatic heterocycles. The van der Waals surface area contributed by atoms with E-state index in [1.165, 1.54) is 16.6 Å². The van der Waals surface area contributed by atoms with Crippen LogP contribution in [0.25, 0.3) is 10.9 Å². The van der Waals surface area contributed by atoms with Crippen LogP contribution in [0.15, 0.2) is 60.7 Å². The highest BCUT2D eigenvalue weighted by Crippen LogP contribution is 2.28. The lowest BCUT2D eigenvalue weighted by molar-refractivity contribution is 0.818. The Hall–Kier alpha value is -2.35. The van der Waals surface area contributed by atoms with Crippen LogP contribution in [0.5, 0.6) is 0 Å². The van der Waals surface area contributed by atoms with Crippen LogP contribution in [0, 0.1) is 0 Å². The van der Waals surface area contributed by atoms with Crippen LogP contribution in [0.4, 0.5) is 5.69 Å². The number of hydrogen-bond donors (Lipinski definition) is 0. The van der Waals surface area contributed by atoms with Crippen molar-refractivity contribution in [3.8, 4) is 0 Å². The summed E-state index contributed by atoms with van der Waals surface area (Å²) in [6.07, 6.45) is 1.14. The average Bonchev–Trinajstić information content (AvgIpc) is 2.91. The van der Waals surface area contributed by atoms with Crippen molar-refractivity contribution < 1.29 is 0 Å². The maximum Gasteiger partial charge on any atom is 0.0706 e. The second-order valence-electron chi connectivity index (χ2n) is 5.30. The molecule has 2 nitrogen and oxygen atoms in total. The van der Waals surface area contributed by atoms with E-state index in [0.29, 0.717) is 0 Å². The second-order valence-corrected chi connectivity index (χ2v) is 5.30. The molecule has 98 valence electrons. The minimum Gasteiger partial charge on any atom is -0.365 e. The lowest BCUT2D eigenvalue weighted by Crippen LogP contribution is -2.20. The molecule has 0 spiro atoms. The van der Waals surface area contributed by atoms with Crippen LogP contribution < -0.4 is 4.90 Å². The van der Waals surface area contributed by atoms with Gasteiger partial charge in [-0.05, 0) is 30.2 Å². The molecule has 2 heterocycles. The van der Waals surface area contributed by atoms with Gasteiger partial charge in [0.25, 0.3) is 0 Å². The van der Waals surface area contributed by atoms with E-state index in [1.807, 2.05) is 6.07 Å². The Labute approximate surface area is 118 Å². The maximum atomic E-state index is 4.77. The van der Waals surface area contributed by atoms with Gasteiger partial charge in [-0.1, -0.05) is 42.5 Å². The first-order chi connectivity index (χ1) is 9.90. The van der Waals surface area contributed by atoms with Crippen molar-refractivity contribution in [3.05, 3.63) is 71.9 Å². The molecule has 20 heavy (non-hydrogen) atoms. The summed E-state index contributed by atoms with van der Waals surface area (Å²) in [5.74, 6) is 0. The molecular weight excluding hydrogens is 244 g/mol. The average molecular weight is 260 g/mol. The van der Waals surface area contributed by atoms with Gasteiger partial charge in [-0.2, -0.15) is 0 Å². The summed E-state index contributed by atoms with van der Waals surface area (Å²) < 4.78 is 0. The molecule has 0 aliphatic carbocycles. The van der Waals surface area contributed by atoms with E-state index >= 15 is 0 Å². The number of para-hydroxylation sites is 2. The highest BCUT2D eigenvalue weighted by molar-refractivity contribution is 5.78. The fourth-order valence-electron chi connectivity index (χ4n) is 2.96. The van der Waals surface area contributed by atoms with E-state index in [-0.39, 0.29) is 0 Å². The third-order valence-corrected chi connectivity index (χ3v) is 3.99. The smallest absolute Gasteiger partial charge is 0.0706 e. The SMILES string of the molecule is c1ccc2c(c1)CCN2Cc1ccc2ccccc2n1. The summed E-state index contributed by atoms with van der Waals surface area (Å²) in [5, 5.41) is 1.21. The summed E-state index contributed by atoms with van der Waals surface area (Å²) in [6.45, 7) is 1.98. The number of hydrogen-bond acceptors (Lipinski definition) is 2. The predicted octanol–water partition coefficient (Wildman–Crippen LogP) is 3.80. The number of benzene rings is 2. The molecule has 0 radical (unpaired) electrons. The molecule has 0 saturated heterocycles. The van der Waals surface area contributed by atoms with Crippen LogP contribution >= 0.6 is 0 Å². The van der Waals surface area contributed by atoms with Crippen molar-refractivity contribution in [2.45, 2.75) is 13.0 Å². The zero-order valence-electron chi connectivity index (χ0n) is 11.3. The molecule has 0 saturated carbocycles. The van der Waals surface area contributed by atoms with E-state index in [2.05, 4.69) is 59.5 Å². The largest absolute Gasteiger partial charge is 0.365 e. The zero-order chi connectivity index (χ0) is 13.4. The van der Waals surface area contributed by atoms with Crippen molar-refractivity contribution in [1.82, 2.24) is 4.98 Å². The number of anilines is 1. The molecule has 0 atom stereocenters. The van der Waals surface area contributed by atoms with Gasteiger partial charge in [0.2, 0.25) is 0 Å². The molecule has 1 aliphatic rings. The topological polar surface area (TPSA) is 16.1 Å². The number of nitrogens with zero attached hydrogens (tertiary/aromatic N) is 2. The summed E-state index contributed by atoms with van der Waals surface area (Å²) in [4.78, 5) is 7.19. The maximum absolute atomic E-state index is 4.77. The number of rotatable bonds is 2. The molecule has 2 aromatic carbocycles. The molecule has 2 heteroatoms. The fraction of sp³-hybridized carbons (Fsp3) is 0.167. The van der Waals surface area contributed by atoms with Gasteiger partial charge >= 0.3 is 0 Å². The molecule has 0 unspecified atom stereocenters. The van der Waals surface area contributed by atoms with Crippen molar-refractivity contribution >= 4 is 16.6 Å². The molecule has 0 bridgehead atoms. The highest BCUT2D eigenvalue weighted by atomic mass is 15.2. The standard InChI is InChI=1S/C18H16N2/c1-3-7-17-14(5-1)9-10-16(19-17)13-20-12-11-15-6-2-4-8-18(15)20/h1-10H,11-13H2. The molecule has 4 rings (SSSR count). The van der Waals surface area contributed by atoms with Crippen molar-refractivity contribution in [2.75, 3.05) is 11.4 Å². The van der Waals surface area contributed by atoms with E-state index in [1.54, 1.807) is 0 Å². The van der Waals surface area contributed by atoms with E-state index in [9.17, 15) is 0 Å². The van der Waals surface area contributed by atoms with Crippen LogP contribution in [-0.2, 0) is 13.0 Å². The Balaban J connectivity index is 1.65. The van der Waals surface area contributed by atoms with Crippen LogP contribution in [0.1, 0.15) is 11.3 Å². The van der Waals surface area contributed by atoms with Gasteiger partial charge in [-0.3, -0.25) is 4.98 Å². The lowest BCUT2D eigenvalue weighted by atomic mass is 10.2. The monoisotopic (exact) mass is 260 g/mol. The van der Waals surface area contributed by atoms with Gasteiger partial charge in [-0.15, -0.1) is 0 Å². The summed E-state index contributed by atoms with van der Waals surface area (Å²) >= 11 is 0. The van der Waals surface area contributed by atoms with Gasteiger partial charge in [0, 0.05) is 17.6 Å². The third-order valence-electron chi connectivity index (χ3n) is 3.99. The molecule has 0 N–H and O–H groups in total. The van der Waals surface area contributed by atoms with E-state index < -0.39 is 0 Å². The lowest BCUT2D eigenvalue weighted by Gasteiger charge is -2.19. The molecule has 0 amide bonds. The van der Waals surface area contributed by atoms with Gasteiger partial charge in [0.15, 0.2) is 0 Å². The first-order valence-electron chi connectivity index (χ1n) is 7.08.